The number of nitrogens with zero attached hydrogens (tertiary/aromatic N) is 1. The molecule has 2 aromatic rings. The molecular weight excluding hydrogens is 382 g/mol. The molecule has 2 aromatic carbocycles. The highest BCUT2D eigenvalue weighted by Gasteiger charge is 2.37. The monoisotopic (exact) mass is 409 g/mol. The molecule has 0 saturated carbocycles. The molecule has 1 aliphatic rings. The van der Waals surface area contributed by atoms with E-state index in [1.807, 2.05) is 38.1 Å². The lowest BCUT2D eigenvalue weighted by molar-refractivity contribution is -0.143. The van der Waals surface area contributed by atoms with E-state index < -0.39 is 18.0 Å². The molecule has 1 heterocycles. The predicted molar refractivity (Wildman–Crippen MR) is 113 cm³/mol. The van der Waals surface area contributed by atoms with Gasteiger partial charge in [0.1, 0.15) is 17.8 Å². The highest BCUT2D eigenvalue weighted by Crippen LogP contribution is 2.26. The zero-order chi connectivity index (χ0) is 22.0. The number of carbonyl (C=O) groups is 3. The number of aryl methyl sites for hydroxylation is 2. The molecule has 2 atom stereocenters. The Balaban J connectivity index is 1.95. The van der Waals surface area contributed by atoms with Crippen LogP contribution in [0.25, 0.3) is 0 Å². The van der Waals surface area contributed by atoms with E-state index in [2.05, 4.69) is 5.32 Å². The van der Waals surface area contributed by atoms with Crippen LogP contribution in [0, 0.1) is 13.8 Å². The van der Waals surface area contributed by atoms with Gasteiger partial charge in [-0.1, -0.05) is 24.3 Å². The molecule has 0 saturated heterocycles. The van der Waals surface area contributed by atoms with Crippen molar-refractivity contribution < 1.29 is 19.5 Å². The van der Waals surface area contributed by atoms with Crippen molar-refractivity contribution in [1.82, 2.24) is 10.2 Å². The van der Waals surface area contributed by atoms with E-state index in [4.69, 9.17) is 5.73 Å². The maximum absolute atomic E-state index is 13.5. The molecule has 0 radical (unpaired) electrons. The average Bonchev–Trinajstić information content (AvgIpc) is 2.67. The summed E-state index contributed by atoms with van der Waals surface area (Å²) in [5.41, 5.74) is 10.1. The molecule has 1 aliphatic heterocycles. The van der Waals surface area contributed by atoms with E-state index in [9.17, 15) is 19.5 Å². The Hall–Kier alpha value is -3.35. The summed E-state index contributed by atoms with van der Waals surface area (Å²) in [4.78, 5) is 39.0. The zero-order valence-corrected chi connectivity index (χ0v) is 17.4. The minimum absolute atomic E-state index is 0.151. The zero-order valence-electron chi connectivity index (χ0n) is 17.4. The summed E-state index contributed by atoms with van der Waals surface area (Å²) >= 11 is 0. The quantitative estimate of drug-likeness (QED) is 0.694. The standard InChI is InChI=1S/C23H27N3O4/c1-13-8-18(28)9-14(2)19(13)11-20(25-15(3)27)23(30)26-12-17-7-5-4-6-16(17)10-21(26)22(24)29/h4-9,20-21,28H,10-12H2,1-3H3,(H2,24,29)(H,25,27)/t20-,21-/m0/s1. The summed E-state index contributed by atoms with van der Waals surface area (Å²) in [5.74, 6) is -1.11. The number of benzene rings is 2. The largest absolute Gasteiger partial charge is 0.508 e. The Morgan fingerprint density at radius 1 is 1.17 bits per heavy atom. The molecule has 7 nitrogen and oxygen atoms in total. The van der Waals surface area contributed by atoms with Crippen molar-refractivity contribution in [3.05, 3.63) is 64.2 Å². The van der Waals surface area contributed by atoms with Crippen LogP contribution in [-0.4, -0.2) is 39.8 Å². The van der Waals surface area contributed by atoms with Crippen molar-refractivity contribution in [2.45, 2.75) is 52.2 Å². The fourth-order valence-electron chi connectivity index (χ4n) is 4.15. The minimum atomic E-state index is -0.850. The second-order valence-corrected chi connectivity index (χ2v) is 7.87. The van der Waals surface area contributed by atoms with Crippen LogP contribution in [0.2, 0.25) is 0 Å². The van der Waals surface area contributed by atoms with Gasteiger partial charge in [-0.2, -0.15) is 0 Å². The molecule has 3 rings (SSSR count). The number of nitrogens with two attached hydrogens (primary N) is 1. The first-order valence-electron chi connectivity index (χ1n) is 9.90. The maximum atomic E-state index is 13.5. The Bertz CT molecular complexity index is 979. The highest BCUT2D eigenvalue weighted by atomic mass is 16.3. The Kier molecular flexibility index (Phi) is 6.10. The van der Waals surface area contributed by atoms with Crippen molar-refractivity contribution in [1.29, 1.82) is 0 Å². The van der Waals surface area contributed by atoms with Gasteiger partial charge in [0.05, 0.1) is 0 Å². The molecule has 30 heavy (non-hydrogen) atoms. The number of hydrogen-bond acceptors (Lipinski definition) is 4. The number of carbonyl (C=O) groups excluding carboxylic acids is 3. The summed E-state index contributed by atoms with van der Waals surface area (Å²) in [7, 11) is 0. The molecule has 0 spiro atoms. The van der Waals surface area contributed by atoms with Gasteiger partial charge in [-0.25, -0.2) is 0 Å². The number of rotatable bonds is 5. The smallest absolute Gasteiger partial charge is 0.246 e. The van der Waals surface area contributed by atoms with Gasteiger partial charge in [-0.3, -0.25) is 14.4 Å². The molecule has 0 aromatic heterocycles. The van der Waals surface area contributed by atoms with Crippen molar-refractivity contribution >= 4 is 17.7 Å². The van der Waals surface area contributed by atoms with Crippen LogP contribution in [-0.2, 0) is 33.8 Å². The van der Waals surface area contributed by atoms with Gasteiger partial charge in [0.2, 0.25) is 17.7 Å². The van der Waals surface area contributed by atoms with Crippen LogP contribution in [0.5, 0.6) is 5.75 Å². The van der Waals surface area contributed by atoms with Gasteiger partial charge in [0.25, 0.3) is 0 Å². The van der Waals surface area contributed by atoms with Crippen LogP contribution in [0.3, 0.4) is 0 Å². The number of primary amides is 1. The average molecular weight is 409 g/mol. The van der Waals surface area contributed by atoms with Gasteiger partial charge in [-0.15, -0.1) is 0 Å². The third-order valence-corrected chi connectivity index (χ3v) is 5.62. The summed E-state index contributed by atoms with van der Waals surface area (Å²) in [5, 5.41) is 12.5. The summed E-state index contributed by atoms with van der Waals surface area (Å²) < 4.78 is 0. The third kappa shape index (κ3) is 4.45. The summed E-state index contributed by atoms with van der Waals surface area (Å²) in [6.07, 6.45) is 0.599. The fourth-order valence-corrected chi connectivity index (χ4v) is 4.15. The van der Waals surface area contributed by atoms with Crippen molar-refractivity contribution in [3.8, 4) is 5.75 Å². The van der Waals surface area contributed by atoms with E-state index in [1.54, 1.807) is 12.1 Å². The van der Waals surface area contributed by atoms with Gasteiger partial charge in [0, 0.05) is 26.3 Å². The molecule has 158 valence electrons. The number of fused-ring (bicyclic) bond motifs is 1. The van der Waals surface area contributed by atoms with Crippen LogP contribution in [0.15, 0.2) is 36.4 Å². The van der Waals surface area contributed by atoms with Gasteiger partial charge in [-0.05, 0) is 53.8 Å². The molecule has 7 heteroatoms. The first-order valence-corrected chi connectivity index (χ1v) is 9.90. The first kappa shape index (κ1) is 21.4. The molecule has 0 aliphatic carbocycles. The van der Waals surface area contributed by atoms with Crippen LogP contribution in [0.1, 0.15) is 34.7 Å². The number of hydrogen-bond donors (Lipinski definition) is 3. The third-order valence-electron chi connectivity index (χ3n) is 5.62. The van der Waals surface area contributed by atoms with Crippen molar-refractivity contribution in [3.63, 3.8) is 0 Å². The van der Waals surface area contributed by atoms with Crippen molar-refractivity contribution in [2.24, 2.45) is 5.73 Å². The fraction of sp³-hybridized carbons (Fsp3) is 0.348. The Labute approximate surface area is 175 Å². The Morgan fingerprint density at radius 2 is 1.77 bits per heavy atom. The molecule has 0 fully saturated rings. The van der Waals surface area contributed by atoms with Gasteiger partial charge in [0.15, 0.2) is 0 Å². The highest BCUT2D eigenvalue weighted by molar-refractivity contribution is 5.92. The second-order valence-electron chi connectivity index (χ2n) is 7.87. The minimum Gasteiger partial charge on any atom is -0.508 e. The normalized spacial score (nSPS) is 16.5. The lowest BCUT2D eigenvalue weighted by Crippen LogP contribution is -2.57. The van der Waals surface area contributed by atoms with Crippen molar-refractivity contribution in [2.75, 3.05) is 0 Å². The van der Waals surface area contributed by atoms with E-state index in [1.165, 1.54) is 11.8 Å². The summed E-state index contributed by atoms with van der Waals surface area (Å²) in [6, 6.07) is 9.27. The van der Waals surface area contributed by atoms with E-state index >= 15 is 0 Å². The van der Waals surface area contributed by atoms with Crippen LogP contribution in [0.4, 0.5) is 0 Å². The molecule has 0 bridgehead atoms. The summed E-state index contributed by atoms with van der Waals surface area (Å²) in [6.45, 7) is 5.31. The Morgan fingerprint density at radius 3 is 2.33 bits per heavy atom. The number of phenolic OH excluding ortho intramolecular Hbond substituents is 1. The number of nitrogens with one attached hydrogen (secondary N) is 1. The van der Waals surface area contributed by atoms with Gasteiger partial charge >= 0.3 is 0 Å². The lowest BCUT2D eigenvalue weighted by atomic mass is 9.91. The van der Waals surface area contributed by atoms with Gasteiger partial charge < -0.3 is 21.1 Å². The predicted octanol–water partition coefficient (Wildman–Crippen LogP) is 1.50. The number of aromatic hydroxyl groups is 1. The number of phenols is 1. The van der Waals surface area contributed by atoms with Crippen LogP contribution < -0.4 is 11.1 Å². The second kappa shape index (κ2) is 8.57. The lowest BCUT2D eigenvalue weighted by Gasteiger charge is -2.37. The molecule has 4 N–H and O–H groups in total. The van der Waals surface area contributed by atoms with Crippen LogP contribution >= 0.6 is 0 Å². The topological polar surface area (TPSA) is 113 Å². The van der Waals surface area contributed by atoms with E-state index in [0.717, 1.165) is 27.8 Å². The number of amides is 3. The van der Waals surface area contributed by atoms with E-state index in [0.29, 0.717) is 6.42 Å². The maximum Gasteiger partial charge on any atom is 0.246 e. The van der Waals surface area contributed by atoms with E-state index in [-0.39, 0.29) is 30.5 Å². The molecular formula is C23H27N3O4. The first-order chi connectivity index (χ1) is 14.2. The SMILES string of the molecule is CC(=O)N[C@@H](Cc1c(C)cc(O)cc1C)C(=O)N1Cc2ccccc2C[C@H]1C(N)=O. The molecule has 3 amide bonds. The molecule has 0 unspecified atom stereocenters.